The summed E-state index contributed by atoms with van der Waals surface area (Å²) in [6, 6.07) is 30.5. The van der Waals surface area contributed by atoms with E-state index in [1.54, 1.807) is 0 Å². The molecule has 0 fully saturated rings. The lowest BCUT2D eigenvalue weighted by atomic mass is 9.86. The Kier molecular flexibility index (Phi) is 6.21. The van der Waals surface area contributed by atoms with Gasteiger partial charge in [0.2, 0.25) is 0 Å². The molecule has 0 heterocycles. The third-order valence-electron chi connectivity index (χ3n) is 4.57. The maximum absolute atomic E-state index is 13.1. The number of para-hydroxylation sites is 1. The number of hydrogen-bond donors (Lipinski definition) is 1. The quantitative estimate of drug-likeness (QED) is 0.587. The highest BCUT2D eigenvalue weighted by Crippen LogP contribution is 2.24. The average molecular weight is 343 g/mol. The van der Waals surface area contributed by atoms with E-state index in [4.69, 9.17) is 0 Å². The molecule has 2 unspecified atom stereocenters. The number of Topliss-reactive ketones (excluding diaryl/α,β-unsaturated/α-hetero) is 1. The standard InChI is InChI=1S/C24H25NO/c1-19(25-22-15-9-4-10-16-22)17-24(26)23(21-13-7-3-8-14-21)18-20-11-5-2-6-12-20/h2-16,19,23,25H,17-18H2,1H3. The number of carbonyl (C=O) groups excluding carboxylic acids is 1. The minimum atomic E-state index is -0.112. The number of anilines is 1. The Labute approximate surface area is 155 Å². The minimum absolute atomic E-state index is 0.0897. The van der Waals surface area contributed by atoms with Crippen molar-refractivity contribution < 1.29 is 4.79 Å². The first-order chi connectivity index (χ1) is 12.7. The molecule has 2 nitrogen and oxygen atoms in total. The van der Waals surface area contributed by atoms with Crippen LogP contribution in [0.1, 0.15) is 30.4 Å². The second-order valence-electron chi connectivity index (χ2n) is 6.73. The summed E-state index contributed by atoms with van der Waals surface area (Å²) in [7, 11) is 0. The maximum atomic E-state index is 13.1. The fourth-order valence-electron chi connectivity index (χ4n) is 3.27. The van der Waals surface area contributed by atoms with Crippen molar-refractivity contribution in [2.24, 2.45) is 0 Å². The molecule has 0 aliphatic rings. The molecule has 0 aromatic heterocycles. The largest absolute Gasteiger partial charge is 0.382 e. The molecule has 2 atom stereocenters. The van der Waals surface area contributed by atoms with Crippen LogP contribution >= 0.6 is 0 Å². The zero-order valence-electron chi connectivity index (χ0n) is 15.1. The molecule has 0 spiro atoms. The lowest BCUT2D eigenvalue weighted by Crippen LogP contribution is -2.24. The second kappa shape index (κ2) is 9.00. The molecular weight excluding hydrogens is 318 g/mol. The maximum Gasteiger partial charge on any atom is 0.142 e. The number of benzene rings is 3. The highest BCUT2D eigenvalue weighted by Gasteiger charge is 2.22. The summed E-state index contributed by atoms with van der Waals surface area (Å²) in [5.41, 5.74) is 3.33. The van der Waals surface area contributed by atoms with Gasteiger partial charge in [0, 0.05) is 24.1 Å². The topological polar surface area (TPSA) is 29.1 Å². The van der Waals surface area contributed by atoms with Crippen LogP contribution in [0.25, 0.3) is 0 Å². The number of rotatable bonds is 8. The van der Waals surface area contributed by atoms with Gasteiger partial charge < -0.3 is 5.32 Å². The molecule has 26 heavy (non-hydrogen) atoms. The van der Waals surface area contributed by atoms with Gasteiger partial charge in [0.05, 0.1) is 0 Å². The van der Waals surface area contributed by atoms with Crippen LogP contribution in [0, 0.1) is 0 Å². The van der Waals surface area contributed by atoms with E-state index in [1.165, 1.54) is 5.56 Å². The zero-order chi connectivity index (χ0) is 18.2. The van der Waals surface area contributed by atoms with Gasteiger partial charge in [-0.25, -0.2) is 0 Å². The number of hydrogen-bond acceptors (Lipinski definition) is 2. The van der Waals surface area contributed by atoms with Crippen molar-refractivity contribution in [3.63, 3.8) is 0 Å². The zero-order valence-corrected chi connectivity index (χ0v) is 15.1. The first-order valence-corrected chi connectivity index (χ1v) is 9.15. The van der Waals surface area contributed by atoms with Crippen LogP contribution in [0.15, 0.2) is 91.0 Å². The Bertz CT molecular complexity index is 799. The van der Waals surface area contributed by atoms with Crippen molar-refractivity contribution in [2.75, 3.05) is 5.32 Å². The predicted octanol–water partition coefficient (Wildman–Crippen LogP) is 5.47. The Morgan fingerprint density at radius 1 is 0.808 bits per heavy atom. The van der Waals surface area contributed by atoms with Gasteiger partial charge in [0.25, 0.3) is 0 Å². The molecular formula is C24H25NO. The summed E-state index contributed by atoms with van der Waals surface area (Å²) < 4.78 is 0. The molecule has 132 valence electrons. The molecule has 0 radical (unpaired) electrons. The Morgan fingerprint density at radius 2 is 1.35 bits per heavy atom. The minimum Gasteiger partial charge on any atom is -0.382 e. The first kappa shape index (κ1) is 17.9. The molecule has 3 aromatic rings. The van der Waals surface area contributed by atoms with Gasteiger partial charge in [0.1, 0.15) is 5.78 Å². The van der Waals surface area contributed by atoms with E-state index in [2.05, 4.69) is 36.5 Å². The molecule has 0 aliphatic heterocycles. The van der Waals surface area contributed by atoms with Gasteiger partial charge in [-0.05, 0) is 36.6 Å². The third-order valence-corrected chi connectivity index (χ3v) is 4.57. The first-order valence-electron chi connectivity index (χ1n) is 9.15. The fraction of sp³-hybridized carbons (Fsp3) is 0.208. The SMILES string of the molecule is CC(CC(=O)C(Cc1ccccc1)c1ccccc1)Nc1ccccc1. The average Bonchev–Trinajstić information content (AvgIpc) is 2.68. The van der Waals surface area contributed by atoms with E-state index in [0.717, 1.165) is 17.7 Å². The van der Waals surface area contributed by atoms with Crippen LogP contribution in [-0.4, -0.2) is 11.8 Å². The van der Waals surface area contributed by atoms with Crippen LogP contribution in [0.5, 0.6) is 0 Å². The highest BCUT2D eigenvalue weighted by atomic mass is 16.1. The van der Waals surface area contributed by atoms with E-state index in [9.17, 15) is 4.79 Å². The molecule has 1 N–H and O–H groups in total. The smallest absolute Gasteiger partial charge is 0.142 e. The van der Waals surface area contributed by atoms with Crippen molar-refractivity contribution in [3.8, 4) is 0 Å². The summed E-state index contributed by atoms with van der Waals surface area (Å²) in [4.78, 5) is 13.1. The Hall–Kier alpha value is -2.87. The summed E-state index contributed by atoms with van der Waals surface area (Å²) in [6.45, 7) is 2.06. The van der Waals surface area contributed by atoms with Crippen LogP contribution in [0.3, 0.4) is 0 Å². The van der Waals surface area contributed by atoms with Crippen molar-refractivity contribution in [2.45, 2.75) is 31.7 Å². The van der Waals surface area contributed by atoms with Gasteiger partial charge in [-0.1, -0.05) is 78.9 Å². The van der Waals surface area contributed by atoms with E-state index in [0.29, 0.717) is 6.42 Å². The van der Waals surface area contributed by atoms with Crippen LogP contribution in [-0.2, 0) is 11.2 Å². The van der Waals surface area contributed by atoms with Crippen LogP contribution in [0.2, 0.25) is 0 Å². The molecule has 0 amide bonds. The van der Waals surface area contributed by atoms with Gasteiger partial charge in [-0.15, -0.1) is 0 Å². The normalized spacial score (nSPS) is 13.0. The lowest BCUT2D eigenvalue weighted by molar-refractivity contribution is -0.120. The van der Waals surface area contributed by atoms with E-state index >= 15 is 0 Å². The van der Waals surface area contributed by atoms with Gasteiger partial charge in [0.15, 0.2) is 0 Å². The Morgan fingerprint density at radius 3 is 1.96 bits per heavy atom. The molecule has 2 heteroatoms. The molecule has 0 bridgehead atoms. The summed E-state index contributed by atoms with van der Waals surface area (Å²) in [5.74, 6) is 0.162. The van der Waals surface area contributed by atoms with E-state index in [1.807, 2.05) is 66.7 Å². The monoisotopic (exact) mass is 343 g/mol. The molecule has 0 aliphatic carbocycles. The molecule has 0 saturated carbocycles. The number of carbonyl (C=O) groups is 1. The Balaban J connectivity index is 1.72. The summed E-state index contributed by atoms with van der Waals surface area (Å²) in [6.07, 6.45) is 1.24. The van der Waals surface area contributed by atoms with Crippen LogP contribution < -0.4 is 5.32 Å². The number of ketones is 1. The summed E-state index contributed by atoms with van der Waals surface area (Å²) >= 11 is 0. The van der Waals surface area contributed by atoms with Crippen LogP contribution in [0.4, 0.5) is 5.69 Å². The van der Waals surface area contributed by atoms with Crippen molar-refractivity contribution >= 4 is 11.5 Å². The lowest BCUT2D eigenvalue weighted by Gasteiger charge is -2.20. The van der Waals surface area contributed by atoms with Crippen molar-refractivity contribution in [1.29, 1.82) is 0 Å². The molecule has 3 rings (SSSR count). The van der Waals surface area contributed by atoms with E-state index < -0.39 is 0 Å². The van der Waals surface area contributed by atoms with Gasteiger partial charge in [-0.3, -0.25) is 4.79 Å². The fourth-order valence-corrected chi connectivity index (χ4v) is 3.27. The predicted molar refractivity (Wildman–Crippen MR) is 108 cm³/mol. The summed E-state index contributed by atoms with van der Waals surface area (Å²) in [5, 5.41) is 3.42. The van der Waals surface area contributed by atoms with Gasteiger partial charge in [-0.2, -0.15) is 0 Å². The van der Waals surface area contributed by atoms with Crippen molar-refractivity contribution in [3.05, 3.63) is 102 Å². The van der Waals surface area contributed by atoms with E-state index in [-0.39, 0.29) is 17.7 Å². The van der Waals surface area contributed by atoms with Crippen molar-refractivity contribution in [1.82, 2.24) is 0 Å². The number of nitrogens with one attached hydrogen (secondary N) is 1. The molecule has 0 saturated heterocycles. The third kappa shape index (κ3) is 5.06. The highest BCUT2D eigenvalue weighted by molar-refractivity contribution is 5.86. The second-order valence-corrected chi connectivity index (χ2v) is 6.73. The molecule has 3 aromatic carbocycles. The van der Waals surface area contributed by atoms with Gasteiger partial charge >= 0.3 is 0 Å².